The van der Waals surface area contributed by atoms with Gasteiger partial charge in [0.2, 0.25) is 0 Å². The molecule has 0 bridgehead atoms. The number of unbranched alkanes of at least 4 members (excludes halogenated alkanes) is 1. The molecule has 1 N–H and O–H groups in total. The quantitative estimate of drug-likeness (QED) is 0.710. The van der Waals surface area contributed by atoms with Gasteiger partial charge in [0.25, 0.3) is 0 Å². The smallest absolute Gasteiger partial charge is 0.150 e. The minimum absolute atomic E-state index is 0.383. The molecule has 3 unspecified atom stereocenters. The predicted molar refractivity (Wildman–Crippen MR) is 82.1 cm³/mol. The average molecular weight is 289 g/mol. The molecule has 0 saturated carbocycles. The van der Waals surface area contributed by atoms with Crippen molar-refractivity contribution in [2.75, 3.05) is 25.1 Å². The average Bonchev–Trinajstić information content (AvgIpc) is 2.73. The number of hydrogen-bond donors (Lipinski definition) is 1. The molecule has 1 heterocycles. The predicted octanol–water partition coefficient (Wildman–Crippen LogP) is 2.86. The van der Waals surface area contributed by atoms with E-state index in [0.717, 1.165) is 18.9 Å². The van der Waals surface area contributed by atoms with E-state index in [0.29, 0.717) is 23.3 Å². The molecule has 0 amide bonds. The second kappa shape index (κ2) is 8.25. The lowest BCUT2D eigenvalue weighted by Crippen LogP contribution is -2.29. The third-order valence-electron chi connectivity index (χ3n) is 4.58. The Bertz CT molecular complexity index is 340. The van der Waals surface area contributed by atoms with Crippen LogP contribution in [0.1, 0.15) is 52.4 Å². The van der Waals surface area contributed by atoms with Crippen molar-refractivity contribution >= 4 is 9.84 Å². The zero-order valence-corrected chi connectivity index (χ0v) is 13.6. The van der Waals surface area contributed by atoms with Crippen molar-refractivity contribution in [3.8, 4) is 0 Å². The van der Waals surface area contributed by atoms with E-state index in [2.05, 4.69) is 19.2 Å². The van der Waals surface area contributed by atoms with Gasteiger partial charge in [0.05, 0.1) is 11.5 Å². The second-order valence-electron chi connectivity index (χ2n) is 6.13. The molecule has 0 aromatic heterocycles. The van der Waals surface area contributed by atoms with E-state index in [1.165, 1.54) is 32.1 Å². The first-order valence-corrected chi connectivity index (χ1v) is 9.69. The van der Waals surface area contributed by atoms with Gasteiger partial charge in [-0.1, -0.05) is 39.5 Å². The molecule has 114 valence electrons. The lowest BCUT2D eigenvalue weighted by Gasteiger charge is -2.27. The van der Waals surface area contributed by atoms with Gasteiger partial charge in [-0.05, 0) is 44.2 Å². The Kier molecular flexibility index (Phi) is 7.37. The summed E-state index contributed by atoms with van der Waals surface area (Å²) in [4.78, 5) is 0. The maximum absolute atomic E-state index is 11.7. The van der Waals surface area contributed by atoms with Gasteiger partial charge in [-0.25, -0.2) is 8.42 Å². The third-order valence-corrected chi connectivity index (χ3v) is 6.37. The number of rotatable bonds is 9. The van der Waals surface area contributed by atoms with Gasteiger partial charge in [0.1, 0.15) is 0 Å². The van der Waals surface area contributed by atoms with Crippen molar-refractivity contribution in [2.24, 2.45) is 17.8 Å². The summed E-state index contributed by atoms with van der Waals surface area (Å²) in [5, 5.41) is 3.26. The maximum atomic E-state index is 11.7. The van der Waals surface area contributed by atoms with Crippen LogP contribution in [-0.4, -0.2) is 33.5 Å². The van der Waals surface area contributed by atoms with Gasteiger partial charge in [0.15, 0.2) is 9.84 Å². The van der Waals surface area contributed by atoms with Gasteiger partial charge in [-0.15, -0.1) is 0 Å². The molecule has 0 radical (unpaired) electrons. The fourth-order valence-corrected chi connectivity index (χ4v) is 5.23. The molecule has 3 atom stereocenters. The Morgan fingerprint density at radius 2 is 2.05 bits per heavy atom. The Balaban J connectivity index is 2.56. The van der Waals surface area contributed by atoms with Crippen molar-refractivity contribution in [3.63, 3.8) is 0 Å². The highest BCUT2D eigenvalue weighted by molar-refractivity contribution is 7.91. The molecular formula is C15H31NO2S. The van der Waals surface area contributed by atoms with Crippen LogP contribution in [0.15, 0.2) is 0 Å². The summed E-state index contributed by atoms with van der Waals surface area (Å²) in [7, 11) is -0.770. The van der Waals surface area contributed by atoms with Crippen molar-refractivity contribution in [2.45, 2.75) is 52.4 Å². The van der Waals surface area contributed by atoms with Crippen LogP contribution in [0.2, 0.25) is 0 Å². The zero-order valence-electron chi connectivity index (χ0n) is 12.8. The van der Waals surface area contributed by atoms with Gasteiger partial charge in [0, 0.05) is 0 Å². The first-order chi connectivity index (χ1) is 9.02. The second-order valence-corrected chi connectivity index (χ2v) is 8.36. The van der Waals surface area contributed by atoms with E-state index < -0.39 is 9.84 Å². The van der Waals surface area contributed by atoms with Crippen LogP contribution in [0, 0.1) is 17.8 Å². The number of hydrogen-bond acceptors (Lipinski definition) is 3. The summed E-state index contributed by atoms with van der Waals surface area (Å²) in [5.74, 6) is 2.51. The summed E-state index contributed by atoms with van der Waals surface area (Å²) < 4.78 is 23.3. The third kappa shape index (κ3) is 5.82. The summed E-state index contributed by atoms with van der Waals surface area (Å²) in [6.45, 7) is 5.46. The number of sulfone groups is 1. The summed E-state index contributed by atoms with van der Waals surface area (Å²) >= 11 is 0. The molecule has 3 nitrogen and oxygen atoms in total. The Labute approximate surface area is 119 Å². The van der Waals surface area contributed by atoms with Crippen LogP contribution in [0.5, 0.6) is 0 Å². The molecule has 1 fully saturated rings. The monoisotopic (exact) mass is 289 g/mol. The van der Waals surface area contributed by atoms with Crippen LogP contribution in [-0.2, 0) is 9.84 Å². The lowest BCUT2D eigenvalue weighted by atomic mass is 9.81. The van der Waals surface area contributed by atoms with Gasteiger partial charge < -0.3 is 5.32 Å². The topological polar surface area (TPSA) is 46.2 Å². The van der Waals surface area contributed by atoms with E-state index in [1.807, 2.05) is 7.05 Å². The number of nitrogens with one attached hydrogen (secondary N) is 1. The molecule has 1 saturated heterocycles. The van der Waals surface area contributed by atoms with Crippen LogP contribution in [0.4, 0.5) is 0 Å². The van der Waals surface area contributed by atoms with Crippen LogP contribution >= 0.6 is 0 Å². The normalized spacial score (nSPS) is 25.3. The molecule has 0 aromatic rings. The highest BCUT2D eigenvalue weighted by atomic mass is 32.2. The molecule has 1 rings (SSSR count). The first-order valence-electron chi connectivity index (χ1n) is 7.87. The highest BCUT2D eigenvalue weighted by Gasteiger charge is 2.34. The van der Waals surface area contributed by atoms with Gasteiger partial charge in [-0.2, -0.15) is 0 Å². The SMILES string of the molecule is CCCCC(CC)CC(CNC)C1CCS(=O)(=O)C1. The Morgan fingerprint density at radius 3 is 2.53 bits per heavy atom. The van der Waals surface area contributed by atoms with E-state index in [1.54, 1.807) is 0 Å². The maximum Gasteiger partial charge on any atom is 0.150 e. The van der Waals surface area contributed by atoms with Crippen LogP contribution in [0.25, 0.3) is 0 Å². The highest BCUT2D eigenvalue weighted by Crippen LogP contribution is 2.32. The molecule has 0 spiro atoms. The zero-order chi connectivity index (χ0) is 14.3. The Hall–Kier alpha value is -0.0900. The molecular weight excluding hydrogens is 258 g/mol. The van der Waals surface area contributed by atoms with E-state index in [9.17, 15) is 8.42 Å². The molecule has 0 aromatic carbocycles. The van der Waals surface area contributed by atoms with Crippen molar-refractivity contribution in [1.82, 2.24) is 5.32 Å². The van der Waals surface area contributed by atoms with Crippen LogP contribution in [0.3, 0.4) is 0 Å². The summed E-state index contributed by atoms with van der Waals surface area (Å²) in [6.07, 6.45) is 7.14. The lowest BCUT2D eigenvalue weighted by molar-refractivity contribution is 0.264. The van der Waals surface area contributed by atoms with Crippen molar-refractivity contribution in [1.29, 1.82) is 0 Å². The molecule has 4 heteroatoms. The molecule has 19 heavy (non-hydrogen) atoms. The summed E-state index contributed by atoms with van der Waals surface area (Å²) in [5.41, 5.74) is 0. The van der Waals surface area contributed by atoms with Crippen LogP contribution < -0.4 is 5.32 Å². The molecule has 1 aliphatic heterocycles. The fraction of sp³-hybridized carbons (Fsp3) is 1.00. The van der Waals surface area contributed by atoms with Gasteiger partial charge >= 0.3 is 0 Å². The van der Waals surface area contributed by atoms with Crippen molar-refractivity contribution < 1.29 is 8.42 Å². The standard InChI is InChI=1S/C15H31NO2S/c1-4-6-7-13(5-2)10-15(11-16-3)14-8-9-19(17,18)12-14/h13-16H,4-12H2,1-3H3. The molecule has 0 aliphatic carbocycles. The fourth-order valence-electron chi connectivity index (χ4n) is 3.31. The van der Waals surface area contributed by atoms with E-state index in [4.69, 9.17) is 0 Å². The van der Waals surface area contributed by atoms with Gasteiger partial charge in [-0.3, -0.25) is 0 Å². The van der Waals surface area contributed by atoms with Crippen molar-refractivity contribution in [3.05, 3.63) is 0 Å². The minimum Gasteiger partial charge on any atom is -0.319 e. The first kappa shape index (κ1) is 17.0. The van der Waals surface area contributed by atoms with E-state index in [-0.39, 0.29) is 0 Å². The largest absolute Gasteiger partial charge is 0.319 e. The van der Waals surface area contributed by atoms with E-state index >= 15 is 0 Å². The minimum atomic E-state index is -2.75. The molecule has 1 aliphatic rings. The summed E-state index contributed by atoms with van der Waals surface area (Å²) in [6, 6.07) is 0. The Morgan fingerprint density at radius 1 is 1.32 bits per heavy atom.